The molecule has 0 fully saturated rings. The predicted molar refractivity (Wildman–Crippen MR) is 81.2 cm³/mol. The van der Waals surface area contributed by atoms with Crippen LogP contribution in [0.3, 0.4) is 0 Å². The Balaban J connectivity index is 2.01. The summed E-state index contributed by atoms with van der Waals surface area (Å²) in [5.74, 6) is -0.224. The van der Waals surface area contributed by atoms with Crippen LogP contribution < -0.4 is 5.32 Å². The maximum atomic E-state index is 13.3. The number of fused-ring (bicyclic) bond motifs is 1. The van der Waals surface area contributed by atoms with Gasteiger partial charge in [-0.1, -0.05) is 18.2 Å². The smallest absolute Gasteiger partial charge is 0.123 e. The lowest BCUT2D eigenvalue weighted by atomic mass is 9.92. The minimum Gasteiger partial charge on any atom is -0.394 e. The highest BCUT2D eigenvalue weighted by molar-refractivity contribution is 9.10. The van der Waals surface area contributed by atoms with Gasteiger partial charge >= 0.3 is 0 Å². The fourth-order valence-corrected chi connectivity index (χ4v) is 3.26. The van der Waals surface area contributed by atoms with Crippen molar-refractivity contribution < 1.29 is 9.50 Å². The first-order chi connectivity index (χ1) is 9.64. The largest absolute Gasteiger partial charge is 0.394 e. The number of hydrogen-bond acceptors (Lipinski definition) is 2. The van der Waals surface area contributed by atoms with E-state index in [1.54, 1.807) is 12.1 Å². The predicted octanol–water partition coefficient (Wildman–Crippen LogP) is 3.83. The maximum Gasteiger partial charge on any atom is 0.123 e. The molecule has 0 radical (unpaired) electrons. The number of benzene rings is 2. The summed E-state index contributed by atoms with van der Waals surface area (Å²) < 4.78 is 14.3. The SMILES string of the molecule is OCC1(Nc2ccccc2Br)CCc2cc(F)ccc21. The van der Waals surface area contributed by atoms with Gasteiger partial charge in [0.1, 0.15) is 5.82 Å². The molecule has 2 N–H and O–H groups in total. The van der Waals surface area contributed by atoms with Crippen LogP contribution in [0.25, 0.3) is 0 Å². The molecule has 1 aliphatic rings. The number of aliphatic hydroxyl groups excluding tert-OH is 1. The second-order valence-electron chi connectivity index (χ2n) is 5.15. The van der Waals surface area contributed by atoms with Gasteiger partial charge in [-0.2, -0.15) is 0 Å². The number of para-hydroxylation sites is 1. The van der Waals surface area contributed by atoms with Crippen molar-refractivity contribution in [2.24, 2.45) is 0 Å². The molecule has 1 aliphatic carbocycles. The molecule has 0 spiro atoms. The lowest BCUT2D eigenvalue weighted by Crippen LogP contribution is -2.37. The van der Waals surface area contributed by atoms with E-state index >= 15 is 0 Å². The van der Waals surface area contributed by atoms with E-state index in [-0.39, 0.29) is 12.4 Å². The van der Waals surface area contributed by atoms with Gasteiger partial charge in [0.25, 0.3) is 0 Å². The zero-order valence-electron chi connectivity index (χ0n) is 10.9. The number of hydrogen-bond donors (Lipinski definition) is 2. The zero-order valence-corrected chi connectivity index (χ0v) is 12.5. The molecule has 3 rings (SSSR count). The van der Waals surface area contributed by atoms with Crippen LogP contribution in [0.15, 0.2) is 46.9 Å². The summed E-state index contributed by atoms with van der Waals surface area (Å²) >= 11 is 3.50. The molecule has 4 heteroatoms. The third-order valence-electron chi connectivity index (χ3n) is 3.92. The minimum absolute atomic E-state index is 0.0209. The van der Waals surface area contributed by atoms with E-state index in [0.29, 0.717) is 0 Å². The summed E-state index contributed by atoms with van der Waals surface area (Å²) in [4.78, 5) is 0. The second kappa shape index (κ2) is 5.19. The van der Waals surface area contributed by atoms with Crippen LogP contribution >= 0.6 is 15.9 Å². The molecule has 104 valence electrons. The molecule has 1 unspecified atom stereocenters. The van der Waals surface area contributed by atoms with Crippen molar-refractivity contribution in [3.05, 3.63) is 63.9 Å². The lowest BCUT2D eigenvalue weighted by Gasteiger charge is -2.31. The minimum atomic E-state index is -0.535. The van der Waals surface area contributed by atoms with Crippen LogP contribution in [0.2, 0.25) is 0 Å². The summed E-state index contributed by atoms with van der Waals surface area (Å²) in [6.45, 7) is -0.0209. The molecule has 0 saturated heterocycles. The van der Waals surface area contributed by atoms with E-state index in [2.05, 4.69) is 21.2 Å². The highest BCUT2D eigenvalue weighted by Crippen LogP contribution is 2.40. The van der Waals surface area contributed by atoms with Crippen LogP contribution in [0.4, 0.5) is 10.1 Å². The molecule has 0 aromatic heterocycles. The van der Waals surface area contributed by atoms with E-state index in [1.807, 2.05) is 24.3 Å². The second-order valence-corrected chi connectivity index (χ2v) is 6.00. The standard InChI is InChI=1S/C16H15BrFNO/c17-14-3-1-2-4-15(14)19-16(10-20)8-7-11-9-12(18)5-6-13(11)16/h1-6,9,19-20H,7-8,10H2. The highest BCUT2D eigenvalue weighted by Gasteiger charge is 2.38. The van der Waals surface area contributed by atoms with Gasteiger partial charge in [-0.3, -0.25) is 0 Å². The Labute approximate surface area is 125 Å². The van der Waals surface area contributed by atoms with Gasteiger partial charge in [-0.05, 0) is 64.2 Å². The van der Waals surface area contributed by atoms with Crippen molar-refractivity contribution in [1.82, 2.24) is 0 Å². The van der Waals surface area contributed by atoms with Crippen LogP contribution in [0.5, 0.6) is 0 Å². The summed E-state index contributed by atoms with van der Waals surface area (Å²) in [5, 5.41) is 13.3. The Hall–Kier alpha value is -1.39. The Bertz CT molecular complexity index is 646. The number of rotatable bonds is 3. The number of aryl methyl sites for hydroxylation is 1. The van der Waals surface area contributed by atoms with Gasteiger partial charge in [0.05, 0.1) is 12.1 Å². The summed E-state index contributed by atoms with van der Waals surface area (Å²) in [7, 11) is 0. The van der Waals surface area contributed by atoms with E-state index in [4.69, 9.17) is 0 Å². The first-order valence-electron chi connectivity index (χ1n) is 6.57. The Morgan fingerprint density at radius 2 is 2.05 bits per heavy atom. The van der Waals surface area contributed by atoms with Crippen molar-refractivity contribution in [2.75, 3.05) is 11.9 Å². The molecule has 0 bridgehead atoms. The van der Waals surface area contributed by atoms with Gasteiger partial charge < -0.3 is 10.4 Å². The molecule has 0 heterocycles. The van der Waals surface area contributed by atoms with E-state index in [9.17, 15) is 9.50 Å². The third-order valence-corrected chi connectivity index (χ3v) is 4.61. The normalized spacial score (nSPS) is 20.8. The van der Waals surface area contributed by atoms with Crippen molar-refractivity contribution in [3.63, 3.8) is 0 Å². The Morgan fingerprint density at radius 1 is 1.25 bits per heavy atom. The van der Waals surface area contributed by atoms with Crippen LogP contribution in [-0.2, 0) is 12.0 Å². The first-order valence-corrected chi connectivity index (χ1v) is 7.36. The molecular formula is C16H15BrFNO. The van der Waals surface area contributed by atoms with Crippen LogP contribution in [-0.4, -0.2) is 11.7 Å². The van der Waals surface area contributed by atoms with Crippen molar-refractivity contribution in [2.45, 2.75) is 18.4 Å². The highest BCUT2D eigenvalue weighted by atomic mass is 79.9. The first kappa shape index (κ1) is 13.6. The molecular weight excluding hydrogens is 321 g/mol. The monoisotopic (exact) mass is 335 g/mol. The number of nitrogens with one attached hydrogen (secondary N) is 1. The summed E-state index contributed by atoms with van der Waals surface area (Å²) in [6, 6.07) is 12.6. The van der Waals surface area contributed by atoms with Crippen molar-refractivity contribution in [1.29, 1.82) is 0 Å². The molecule has 2 aromatic carbocycles. The van der Waals surface area contributed by atoms with Gasteiger partial charge in [-0.15, -0.1) is 0 Å². The lowest BCUT2D eigenvalue weighted by molar-refractivity contribution is 0.211. The molecule has 2 nitrogen and oxygen atoms in total. The van der Waals surface area contributed by atoms with E-state index in [1.165, 1.54) is 6.07 Å². The van der Waals surface area contributed by atoms with Crippen molar-refractivity contribution in [3.8, 4) is 0 Å². The van der Waals surface area contributed by atoms with Gasteiger partial charge in [0.15, 0.2) is 0 Å². The number of anilines is 1. The topological polar surface area (TPSA) is 32.3 Å². The van der Waals surface area contributed by atoms with Gasteiger partial charge in [0, 0.05) is 10.2 Å². The van der Waals surface area contributed by atoms with Gasteiger partial charge in [0.2, 0.25) is 0 Å². The Kier molecular flexibility index (Phi) is 3.52. The third kappa shape index (κ3) is 2.23. The molecule has 20 heavy (non-hydrogen) atoms. The number of halogens is 2. The summed E-state index contributed by atoms with van der Waals surface area (Å²) in [5.41, 5.74) is 2.35. The maximum absolute atomic E-state index is 13.3. The van der Waals surface area contributed by atoms with Crippen molar-refractivity contribution >= 4 is 21.6 Å². The molecule has 0 amide bonds. The average Bonchev–Trinajstić information content (AvgIpc) is 2.80. The average molecular weight is 336 g/mol. The van der Waals surface area contributed by atoms with Gasteiger partial charge in [-0.25, -0.2) is 4.39 Å². The fraction of sp³-hybridized carbons (Fsp3) is 0.250. The van der Waals surface area contributed by atoms with E-state index in [0.717, 1.165) is 34.1 Å². The molecule has 1 atom stereocenters. The summed E-state index contributed by atoms with van der Waals surface area (Å²) in [6.07, 6.45) is 1.52. The van der Waals surface area contributed by atoms with Crippen LogP contribution in [0.1, 0.15) is 17.5 Å². The molecule has 0 saturated carbocycles. The van der Waals surface area contributed by atoms with E-state index < -0.39 is 5.54 Å². The molecule has 2 aromatic rings. The van der Waals surface area contributed by atoms with Crippen LogP contribution in [0, 0.1) is 5.82 Å². The number of aliphatic hydroxyl groups is 1. The Morgan fingerprint density at radius 3 is 2.80 bits per heavy atom. The zero-order chi connectivity index (χ0) is 14.2. The quantitative estimate of drug-likeness (QED) is 0.893. The fourth-order valence-electron chi connectivity index (χ4n) is 2.87. The molecule has 0 aliphatic heterocycles.